The number of carbonyl (C=O) groups excluding carboxylic acids is 1. The third-order valence-corrected chi connectivity index (χ3v) is 3.68. The Morgan fingerprint density at radius 1 is 0.960 bits per heavy atom. The SMILES string of the molecule is COc1ccc(CCNC(=O)Cc2cc(O)c(O)c(O)c2)cc1OC. The summed E-state index contributed by atoms with van der Waals surface area (Å²) < 4.78 is 10.4. The van der Waals surface area contributed by atoms with Crippen molar-refractivity contribution in [3.63, 3.8) is 0 Å². The number of methoxy groups -OCH3 is 2. The van der Waals surface area contributed by atoms with Gasteiger partial charge in [0.15, 0.2) is 28.7 Å². The Kier molecular flexibility index (Phi) is 5.94. The molecule has 0 aliphatic heterocycles. The Labute approximate surface area is 145 Å². The number of hydrogen-bond donors (Lipinski definition) is 4. The average Bonchev–Trinajstić information content (AvgIpc) is 2.59. The van der Waals surface area contributed by atoms with E-state index < -0.39 is 17.2 Å². The molecule has 1 amide bonds. The van der Waals surface area contributed by atoms with E-state index in [0.29, 0.717) is 30.0 Å². The molecule has 0 heterocycles. The summed E-state index contributed by atoms with van der Waals surface area (Å²) in [4.78, 5) is 12.0. The molecule has 0 spiro atoms. The molecule has 0 fully saturated rings. The Hall–Kier alpha value is -3.09. The molecule has 7 heteroatoms. The van der Waals surface area contributed by atoms with Crippen LogP contribution in [0.2, 0.25) is 0 Å². The third kappa shape index (κ3) is 4.69. The summed E-state index contributed by atoms with van der Waals surface area (Å²) in [6.45, 7) is 0.421. The van der Waals surface area contributed by atoms with Crippen LogP contribution in [-0.2, 0) is 17.6 Å². The van der Waals surface area contributed by atoms with Gasteiger partial charge in [0, 0.05) is 6.54 Å². The van der Waals surface area contributed by atoms with Gasteiger partial charge in [-0.15, -0.1) is 0 Å². The lowest BCUT2D eigenvalue weighted by molar-refractivity contribution is -0.120. The highest BCUT2D eigenvalue weighted by molar-refractivity contribution is 5.79. The molecular weight excluding hydrogens is 326 g/mol. The molecule has 0 atom stereocenters. The van der Waals surface area contributed by atoms with E-state index in [0.717, 1.165) is 5.56 Å². The molecule has 0 radical (unpaired) electrons. The first kappa shape index (κ1) is 18.3. The zero-order chi connectivity index (χ0) is 18.4. The van der Waals surface area contributed by atoms with Crippen molar-refractivity contribution < 1.29 is 29.6 Å². The summed E-state index contributed by atoms with van der Waals surface area (Å²) >= 11 is 0. The number of phenols is 3. The predicted octanol–water partition coefficient (Wildman–Crippen LogP) is 1.72. The summed E-state index contributed by atoms with van der Waals surface area (Å²) in [5, 5.41) is 30.9. The van der Waals surface area contributed by atoms with E-state index in [1.165, 1.54) is 12.1 Å². The first-order chi connectivity index (χ1) is 11.9. The van der Waals surface area contributed by atoms with E-state index in [1.54, 1.807) is 20.3 Å². The fourth-order valence-electron chi connectivity index (χ4n) is 2.39. The predicted molar refractivity (Wildman–Crippen MR) is 91.4 cm³/mol. The molecule has 0 aliphatic carbocycles. The highest BCUT2D eigenvalue weighted by atomic mass is 16.5. The molecule has 134 valence electrons. The van der Waals surface area contributed by atoms with Crippen LogP contribution in [0.3, 0.4) is 0 Å². The van der Waals surface area contributed by atoms with Crippen LogP contribution in [0.25, 0.3) is 0 Å². The van der Waals surface area contributed by atoms with Crippen molar-refractivity contribution in [2.24, 2.45) is 0 Å². The summed E-state index contributed by atoms with van der Waals surface area (Å²) in [7, 11) is 3.13. The van der Waals surface area contributed by atoms with Crippen LogP contribution in [-0.4, -0.2) is 42.0 Å². The monoisotopic (exact) mass is 347 g/mol. The minimum absolute atomic E-state index is 0.0205. The van der Waals surface area contributed by atoms with E-state index >= 15 is 0 Å². The summed E-state index contributed by atoms with van der Waals surface area (Å²) in [6, 6.07) is 8.02. The number of amides is 1. The summed E-state index contributed by atoms with van der Waals surface area (Å²) in [5.74, 6) is -0.521. The molecule has 0 bridgehead atoms. The number of hydrogen-bond acceptors (Lipinski definition) is 6. The van der Waals surface area contributed by atoms with Crippen LogP contribution in [0.5, 0.6) is 28.7 Å². The largest absolute Gasteiger partial charge is 0.504 e. The van der Waals surface area contributed by atoms with Crippen LogP contribution in [0.15, 0.2) is 30.3 Å². The number of benzene rings is 2. The first-order valence-electron chi connectivity index (χ1n) is 7.66. The third-order valence-electron chi connectivity index (χ3n) is 3.68. The quantitative estimate of drug-likeness (QED) is 0.568. The van der Waals surface area contributed by atoms with Crippen molar-refractivity contribution in [3.05, 3.63) is 41.5 Å². The van der Waals surface area contributed by atoms with Crippen LogP contribution in [0.4, 0.5) is 0 Å². The van der Waals surface area contributed by atoms with Gasteiger partial charge in [-0.05, 0) is 41.8 Å². The minimum Gasteiger partial charge on any atom is -0.504 e. The number of phenolic OH excluding ortho intramolecular Hbond substituents is 3. The highest BCUT2D eigenvalue weighted by Crippen LogP contribution is 2.35. The Balaban J connectivity index is 1.88. The second kappa shape index (κ2) is 8.14. The molecular formula is C18H21NO6. The van der Waals surface area contributed by atoms with E-state index in [1.807, 2.05) is 12.1 Å². The Morgan fingerprint density at radius 2 is 1.60 bits per heavy atom. The second-order valence-corrected chi connectivity index (χ2v) is 5.45. The molecule has 2 aromatic rings. The van der Waals surface area contributed by atoms with Gasteiger partial charge < -0.3 is 30.1 Å². The second-order valence-electron chi connectivity index (χ2n) is 5.45. The van der Waals surface area contributed by atoms with Gasteiger partial charge in [-0.25, -0.2) is 0 Å². The van der Waals surface area contributed by atoms with Crippen molar-refractivity contribution >= 4 is 5.91 Å². The van der Waals surface area contributed by atoms with Crippen LogP contribution in [0.1, 0.15) is 11.1 Å². The zero-order valence-corrected chi connectivity index (χ0v) is 14.1. The fraction of sp³-hybridized carbons (Fsp3) is 0.278. The van der Waals surface area contributed by atoms with Gasteiger partial charge in [0.25, 0.3) is 0 Å². The van der Waals surface area contributed by atoms with Crippen molar-refractivity contribution in [1.82, 2.24) is 5.32 Å². The summed E-state index contributed by atoms with van der Waals surface area (Å²) in [5.41, 5.74) is 1.38. The molecule has 2 rings (SSSR count). The van der Waals surface area contributed by atoms with Crippen molar-refractivity contribution in [1.29, 1.82) is 0 Å². The number of aromatic hydroxyl groups is 3. The fourth-order valence-corrected chi connectivity index (χ4v) is 2.39. The lowest BCUT2D eigenvalue weighted by atomic mass is 10.1. The molecule has 0 unspecified atom stereocenters. The lowest BCUT2D eigenvalue weighted by Gasteiger charge is -2.10. The lowest BCUT2D eigenvalue weighted by Crippen LogP contribution is -2.27. The van der Waals surface area contributed by atoms with Gasteiger partial charge in [0.2, 0.25) is 5.91 Å². The molecule has 7 nitrogen and oxygen atoms in total. The normalized spacial score (nSPS) is 10.3. The number of carbonyl (C=O) groups is 1. The molecule has 2 aromatic carbocycles. The van der Waals surface area contributed by atoms with E-state index in [4.69, 9.17) is 9.47 Å². The Bertz CT molecular complexity index is 736. The van der Waals surface area contributed by atoms with Crippen molar-refractivity contribution in [2.45, 2.75) is 12.8 Å². The van der Waals surface area contributed by atoms with Crippen LogP contribution >= 0.6 is 0 Å². The van der Waals surface area contributed by atoms with Gasteiger partial charge in [-0.1, -0.05) is 6.07 Å². The maximum absolute atomic E-state index is 12.0. The van der Waals surface area contributed by atoms with E-state index in [9.17, 15) is 20.1 Å². The summed E-state index contributed by atoms with van der Waals surface area (Å²) in [6.07, 6.45) is 0.589. The van der Waals surface area contributed by atoms with Crippen LogP contribution < -0.4 is 14.8 Å². The molecule has 0 saturated heterocycles. The molecule has 0 aliphatic rings. The topological polar surface area (TPSA) is 108 Å². The molecule has 4 N–H and O–H groups in total. The molecule has 0 aromatic heterocycles. The van der Waals surface area contributed by atoms with Gasteiger partial charge in [-0.2, -0.15) is 0 Å². The maximum atomic E-state index is 12.0. The standard InChI is InChI=1S/C18H21NO6/c1-24-15-4-3-11(9-16(15)25-2)5-6-19-17(22)10-12-7-13(20)18(23)14(21)8-12/h3-4,7-9,20-21,23H,5-6,10H2,1-2H3,(H,19,22). The van der Waals surface area contributed by atoms with E-state index in [2.05, 4.69) is 5.32 Å². The van der Waals surface area contributed by atoms with Gasteiger partial charge in [-0.3, -0.25) is 4.79 Å². The van der Waals surface area contributed by atoms with E-state index in [-0.39, 0.29) is 12.3 Å². The molecule has 0 saturated carbocycles. The van der Waals surface area contributed by atoms with Gasteiger partial charge in [0.05, 0.1) is 20.6 Å². The van der Waals surface area contributed by atoms with Gasteiger partial charge in [0.1, 0.15) is 0 Å². The van der Waals surface area contributed by atoms with Crippen molar-refractivity contribution in [2.75, 3.05) is 20.8 Å². The first-order valence-corrected chi connectivity index (χ1v) is 7.66. The average molecular weight is 347 g/mol. The maximum Gasteiger partial charge on any atom is 0.224 e. The number of rotatable bonds is 7. The number of nitrogens with one attached hydrogen (secondary N) is 1. The van der Waals surface area contributed by atoms with Crippen molar-refractivity contribution in [3.8, 4) is 28.7 Å². The Morgan fingerprint density at radius 3 is 2.20 bits per heavy atom. The smallest absolute Gasteiger partial charge is 0.224 e. The van der Waals surface area contributed by atoms with Crippen LogP contribution in [0, 0.1) is 0 Å². The molecule has 25 heavy (non-hydrogen) atoms. The minimum atomic E-state index is -0.599. The zero-order valence-electron chi connectivity index (χ0n) is 14.1. The highest BCUT2D eigenvalue weighted by Gasteiger charge is 2.11. The number of ether oxygens (including phenoxy) is 2. The van der Waals surface area contributed by atoms with Gasteiger partial charge >= 0.3 is 0 Å².